The average Bonchev–Trinajstić information content (AvgIpc) is 2.94. The highest BCUT2D eigenvalue weighted by Crippen LogP contribution is 2.42. The second-order valence-corrected chi connectivity index (χ2v) is 9.36. The van der Waals surface area contributed by atoms with Crippen LogP contribution in [-0.2, 0) is 6.42 Å². The topological polar surface area (TPSA) is 34.0 Å². The van der Waals surface area contributed by atoms with E-state index in [4.69, 9.17) is 0 Å². The van der Waals surface area contributed by atoms with E-state index < -0.39 is 0 Å². The summed E-state index contributed by atoms with van der Waals surface area (Å²) in [5.41, 5.74) is 4.81. The highest BCUT2D eigenvalue weighted by Gasteiger charge is 2.40. The van der Waals surface area contributed by atoms with Crippen LogP contribution in [0.5, 0.6) is 0 Å². The van der Waals surface area contributed by atoms with Crippen molar-refractivity contribution < 1.29 is 4.79 Å². The van der Waals surface area contributed by atoms with Crippen molar-refractivity contribution in [2.24, 2.45) is 0 Å². The van der Waals surface area contributed by atoms with E-state index in [1.165, 1.54) is 17.0 Å². The zero-order valence-electron chi connectivity index (χ0n) is 16.4. The predicted molar refractivity (Wildman–Crippen MR) is 107 cm³/mol. The summed E-state index contributed by atoms with van der Waals surface area (Å²) in [6.07, 6.45) is 4.83. The fourth-order valence-electron chi connectivity index (χ4n) is 5.31. The van der Waals surface area contributed by atoms with Gasteiger partial charge in [-0.2, -0.15) is 0 Å². The molecule has 2 heterocycles. The van der Waals surface area contributed by atoms with Gasteiger partial charge in [-0.1, -0.05) is 30.3 Å². The van der Waals surface area contributed by atoms with Gasteiger partial charge in [-0.25, -0.2) is 0 Å². The van der Waals surface area contributed by atoms with Crippen LogP contribution < -0.4 is 5.32 Å². The van der Waals surface area contributed by atoms with Gasteiger partial charge in [-0.15, -0.1) is 0 Å². The Bertz CT molecular complexity index is 813. The van der Waals surface area contributed by atoms with Crippen LogP contribution in [0.15, 0.2) is 36.4 Å². The van der Waals surface area contributed by atoms with Crippen LogP contribution in [0.1, 0.15) is 75.5 Å². The lowest BCUT2D eigenvalue weighted by Crippen LogP contribution is -2.58. The molecule has 0 unspecified atom stereocenters. The summed E-state index contributed by atoms with van der Waals surface area (Å²) in [7, 11) is 0. The van der Waals surface area contributed by atoms with Crippen LogP contribution in [0, 0.1) is 0 Å². The molecule has 138 valence electrons. The number of nitrogens with one attached hydrogen (secondary N) is 1. The molecule has 1 fully saturated rings. The Kier molecular flexibility index (Phi) is 4.11. The van der Waals surface area contributed by atoms with E-state index in [0.717, 1.165) is 31.2 Å². The van der Waals surface area contributed by atoms with E-state index in [9.17, 15) is 4.79 Å². The number of hydrogen-bond donors (Lipinski definition) is 1. The van der Waals surface area contributed by atoms with Crippen molar-refractivity contribution in [2.45, 2.75) is 76.9 Å². The molecule has 1 aromatic carbocycles. The number of ketones is 1. The van der Waals surface area contributed by atoms with Gasteiger partial charge in [0, 0.05) is 40.5 Å². The lowest BCUT2D eigenvalue weighted by Gasteiger charge is -2.47. The fraction of sp³-hybridized carbons (Fsp3) is 0.522. The number of carbonyl (C=O) groups is 1. The average molecular weight is 351 g/mol. The summed E-state index contributed by atoms with van der Waals surface area (Å²) >= 11 is 0. The van der Waals surface area contributed by atoms with Gasteiger partial charge in [-0.3, -0.25) is 4.79 Å². The van der Waals surface area contributed by atoms with E-state index in [1.54, 1.807) is 0 Å². The molecule has 0 spiro atoms. The van der Waals surface area contributed by atoms with Crippen molar-refractivity contribution in [3.8, 4) is 11.3 Å². The highest BCUT2D eigenvalue weighted by molar-refractivity contribution is 5.99. The first kappa shape index (κ1) is 17.5. The summed E-state index contributed by atoms with van der Waals surface area (Å²) in [5, 5.41) is 3.79. The van der Waals surface area contributed by atoms with Gasteiger partial charge in [0.15, 0.2) is 5.78 Å². The van der Waals surface area contributed by atoms with Crippen molar-refractivity contribution in [2.75, 3.05) is 0 Å². The molecule has 0 radical (unpaired) electrons. The summed E-state index contributed by atoms with van der Waals surface area (Å²) in [5.74, 6) is 0.314. The van der Waals surface area contributed by atoms with Crippen molar-refractivity contribution in [1.82, 2.24) is 9.88 Å². The third-order valence-corrected chi connectivity index (χ3v) is 5.86. The minimum atomic E-state index is 0.0796. The summed E-state index contributed by atoms with van der Waals surface area (Å²) < 4.78 is 2.52. The fourth-order valence-corrected chi connectivity index (χ4v) is 5.31. The number of nitrogens with zero attached hydrogens (tertiary/aromatic N) is 1. The largest absolute Gasteiger partial charge is 0.341 e. The summed E-state index contributed by atoms with van der Waals surface area (Å²) in [6.45, 7) is 9.18. The summed E-state index contributed by atoms with van der Waals surface area (Å²) in [4.78, 5) is 12.6. The molecule has 2 aliphatic rings. The third-order valence-electron chi connectivity index (χ3n) is 5.86. The van der Waals surface area contributed by atoms with Gasteiger partial charge in [0.2, 0.25) is 0 Å². The van der Waals surface area contributed by atoms with Crippen LogP contribution in [0.25, 0.3) is 11.3 Å². The summed E-state index contributed by atoms with van der Waals surface area (Å²) in [6, 6.07) is 13.1. The van der Waals surface area contributed by atoms with Crippen LogP contribution in [-0.4, -0.2) is 21.4 Å². The highest BCUT2D eigenvalue weighted by atomic mass is 16.1. The first-order valence-corrected chi connectivity index (χ1v) is 9.88. The van der Waals surface area contributed by atoms with Crippen molar-refractivity contribution in [3.05, 3.63) is 47.7 Å². The Morgan fingerprint density at radius 1 is 1.00 bits per heavy atom. The van der Waals surface area contributed by atoms with Gasteiger partial charge in [0.25, 0.3) is 0 Å². The van der Waals surface area contributed by atoms with E-state index in [0.29, 0.717) is 18.2 Å². The SMILES string of the molecule is CC1(C)CC(n2c(-c3ccccc3)cc3c2CCCC3=O)CC(C)(C)N1. The molecule has 1 aliphatic heterocycles. The van der Waals surface area contributed by atoms with E-state index in [1.807, 2.05) is 0 Å². The molecule has 0 bridgehead atoms. The smallest absolute Gasteiger partial charge is 0.164 e. The molecule has 26 heavy (non-hydrogen) atoms. The standard InChI is InChI=1S/C23H30N2O/c1-22(2)14-17(15-23(3,4)24-22)25-19-11-8-12-21(26)18(19)13-20(25)16-9-6-5-7-10-16/h5-7,9-10,13,17,24H,8,11-12,14-15H2,1-4H3. The molecular weight excluding hydrogens is 320 g/mol. The lowest BCUT2D eigenvalue weighted by molar-refractivity contribution is 0.0970. The van der Waals surface area contributed by atoms with E-state index in [-0.39, 0.29) is 11.1 Å². The Morgan fingerprint density at radius 3 is 2.31 bits per heavy atom. The molecule has 1 aromatic heterocycles. The maximum Gasteiger partial charge on any atom is 0.164 e. The molecule has 0 saturated carbocycles. The maximum absolute atomic E-state index is 12.6. The number of benzene rings is 1. The van der Waals surface area contributed by atoms with Crippen LogP contribution in [0.2, 0.25) is 0 Å². The van der Waals surface area contributed by atoms with E-state index >= 15 is 0 Å². The molecule has 3 nitrogen and oxygen atoms in total. The number of fused-ring (bicyclic) bond motifs is 1. The molecule has 2 aromatic rings. The van der Waals surface area contributed by atoms with Gasteiger partial charge < -0.3 is 9.88 Å². The third kappa shape index (κ3) is 3.14. The molecule has 1 N–H and O–H groups in total. The van der Waals surface area contributed by atoms with Gasteiger partial charge in [0.1, 0.15) is 0 Å². The van der Waals surface area contributed by atoms with Crippen molar-refractivity contribution in [1.29, 1.82) is 0 Å². The van der Waals surface area contributed by atoms with Gasteiger partial charge in [-0.05, 0) is 65.0 Å². The number of piperidine rings is 1. The Morgan fingerprint density at radius 2 is 1.65 bits per heavy atom. The normalized spacial score (nSPS) is 22.2. The van der Waals surface area contributed by atoms with E-state index in [2.05, 4.69) is 74.0 Å². The minimum Gasteiger partial charge on any atom is -0.341 e. The first-order valence-electron chi connectivity index (χ1n) is 9.88. The van der Waals surface area contributed by atoms with Crippen molar-refractivity contribution >= 4 is 5.78 Å². The first-order chi connectivity index (χ1) is 12.3. The predicted octanol–water partition coefficient (Wildman–Crippen LogP) is 5.16. The zero-order valence-corrected chi connectivity index (χ0v) is 16.4. The number of Topliss-reactive ketones (excluding diaryl/α,β-unsaturated/α-hetero) is 1. The molecule has 3 heteroatoms. The Balaban J connectivity index is 1.88. The van der Waals surface area contributed by atoms with Gasteiger partial charge in [0.05, 0.1) is 0 Å². The number of carbonyl (C=O) groups excluding carboxylic acids is 1. The molecular formula is C23H30N2O. The minimum absolute atomic E-state index is 0.0796. The molecule has 1 aliphatic carbocycles. The van der Waals surface area contributed by atoms with Crippen molar-refractivity contribution in [3.63, 3.8) is 0 Å². The lowest BCUT2D eigenvalue weighted by atomic mass is 9.79. The monoisotopic (exact) mass is 350 g/mol. The Labute approximate surface area is 156 Å². The number of rotatable bonds is 2. The van der Waals surface area contributed by atoms with Crippen LogP contribution in [0.3, 0.4) is 0 Å². The van der Waals surface area contributed by atoms with Crippen LogP contribution >= 0.6 is 0 Å². The Hall–Kier alpha value is -1.87. The second kappa shape index (κ2) is 6.09. The quantitative estimate of drug-likeness (QED) is 0.812. The number of aromatic nitrogens is 1. The van der Waals surface area contributed by atoms with Gasteiger partial charge >= 0.3 is 0 Å². The molecule has 0 atom stereocenters. The molecule has 0 amide bonds. The second-order valence-electron chi connectivity index (χ2n) is 9.36. The van der Waals surface area contributed by atoms with Crippen LogP contribution in [0.4, 0.5) is 0 Å². The molecule has 4 rings (SSSR count). The number of hydrogen-bond acceptors (Lipinski definition) is 2. The zero-order chi connectivity index (χ0) is 18.5. The maximum atomic E-state index is 12.6. The molecule has 1 saturated heterocycles.